The van der Waals surface area contributed by atoms with Crippen LogP contribution in [0.25, 0.3) is 0 Å². The van der Waals surface area contributed by atoms with Crippen LogP contribution in [0.4, 0.5) is 0 Å². The highest BCUT2D eigenvalue weighted by molar-refractivity contribution is 9.10. The van der Waals surface area contributed by atoms with Crippen LogP contribution in [0, 0.1) is 0 Å². The Morgan fingerprint density at radius 2 is 1.91 bits per heavy atom. The van der Waals surface area contributed by atoms with Crippen molar-refractivity contribution in [2.75, 3.05) is 6.61 Å². The predicted molar refractivity (Wildman–Crippen MR) is 98.1 cm³/mol. The van der Waals surface area contributed by atoms with Crippen LogP contribution in [-0.4, -0.2) is 12.6 Å². The van der Waals surface area contributed by atoms with Crippen molar-refractivity contribution in [3.63, 3.8) is 0 Å². The fraction of sp³-hybridized carbons (Fsp3) is 0.118. The molecule has 6 heteroatoms. The molecule has 0 radical (unpaired) electrons. The largest absolute Gasteiger partial charge is 0.486 e. The molecule has 0 saturated carbocycles. The van der Waals surface area contributed by atoms with Gasteiger partial charge in [-0.3, -0.25) is 0 Å². The Bertz CT molecular complexity index is 691. The van der Waals surface area contributed by atoms with E-state index in [4.69, 9.17) is 21.1 Å². The van der Waals surface area contributed by atoms with Gasteiger partial charge in [-0.1, -0.05) is 52.3 Å². The third kappa shape index (κ3) is 5.09. The third-order valence-electron chi connectivity index (χ3n) is 2.86. The van der Waals surface area contributed by atoms with Gasteiger partial charge in [-0.2, -0.15) is 0 Å². The van der Waals surface area contributed by atoms with E-state index in [0.717, 1.165) is 10.0 Å². The van der Waals surface area contributed by atoms with Gasteiger partial charge in [0.25, 0.3) is 0 Å². The first-order chi connectivity index (χ1) is 11.0. The Morgan fingerprint density at radius 3 is 2.52 bits per heavy atom. The summed E-state index contributed by atoms with van der Waals surface area (Å²) in [7, 11) is 0. The van der Waals surface area contributed by atoms with E-state index >= 15 is 0 Å². The second-order valence-electron chi connectivity index (χ2n) is 4.57. The van der Waals surface area contributed by atoms with E-state index in [1.807, 2.05) is 24.3 Å². The van der Waals surface area contributed by atoms with Crippen LogP contribution in [0.1, 0.15) is 15.9 Å². The summed E-state index contributed by atoms with van der Waals surface area (Å²) in [4.78, 5) is 11.8. The summed E-state index contributed by atoms with van der Waals surface area (Å²) in [6.07, 6.45) is 1.50. The molecular formula is C17H13Br2ClO3. The molecule has 2 aromatic rings. The maximum Gasteiger partial charge on any atom is 0.338 e. The van der Waals surface area contributed by atoms with Crippen molar-refractivity contribution in [1.82, 2.24) is 0 Å². The zero-order valence-corrected chi connectivity index (χ0v) is 15.9. The molecule has 0 aliphatic rings. The van der Waals surface area contributed by atoms with Gasteiger partial charge < -0.3 is 9.47 Å². The van der Waals surface area contributed by atoms with Crippen LogP contribution < -0.4 is 4.74 Å². The third-order valence-corrected chi connectivity index (χ3v) is 4.26. The predicted octanol–water partition coefficient (Wildman–Crippen LogP) is 5.79. The lowest BCUT2D eigenvalue weighted by Crippen LogP contribution is -2.06. The normalized spacial score (nSPS) is 10.2. The molecule has 0 aliphatic heterocycles. The highest BCUT2D eigenvalue weighted by Crippen LogP contribution is 2.35. The first-order valence-corrected chi connectivity index (χ1v) is 8.62. The fourth-order valence-corrected chi connectivity index (χ4v) is 3.00. The molecule has 0 bridgehead atoms. The molecule has 0 unspecified atom stereocenters. The lowest BCUT2D eigenvalue weighted by Gasteiger charge is -2.12. The zero-order chi connectivity index (χ0) is 16.8. The number of benzene rings is 2. The van der Waals surface area contributed by atoms with Crippen molar-refractivity contribution in [2.45, 2.75) is 6.61 Å². The van der Waals surface area contributed by atoms with E-state index in [9.17, 15) is 4.79 Å². The topological polar surface area (TPSA) is 35.5 Å². The second kappa shape index (κ2) is 8.52. The molecule has 0 atom stereocenters. The molecule has 120 valence electrons. The summed E-state index contributed by atoms with van der Waals surface area (Å²) in [6, 6.07) is 10.9. The summed E-state index contributed by atoms with van der Waals surface area (Å²) in [5.74, 6) is 0.0156. The molecule has 0 aliphatic carbocycles. The zero-order valence-electron chi connectivity index (χ0n) is 12.0. The number of rotatable bonds is 6. The molecule has 0 saturated heterocycles. The minimum atomic E-state index is -0.466. The van der Waals surface area contributed by atoms with E-state index in [2.05, 4.69) is 38.4 Å². The van der Waals surface area contributed by atoms with Gasteiger partial charge in [-0.25, -0.2) is 4.79 Å². The molecule has 0 amide bonds. The maximum absolute atomic E-state index is 11.8. The van der Waals surface area contributed by atoms with Crippen molar-refractivity contribution in [3.8, 4) is 5.75 Å². The van der Waals surface area contributed by atoms with Crippen molar-refractivity contribution < 1.29 is 14.3 Å². The van der Waals surface area contributed by atoms with Crippen LogP contribution in [0.2, 0.25) is 5.02 Å². The van der Waals surface area contributed by atoms with Crippen LogP contribution >= 0.6 is 43.5 Å². The number of halogens is 3. The van der Waals surface area contributed by atoms with E-state index in [0.29, 0.717) is 27.4 Å². The molecule has 0 aromatic heterocycles. The van der Waals surface area contributed by atoms with Gasteiger partial charge in [-0.05, 0) is 45.8 Å². The highest BCUT2D eigenvalue weighted by atomic mass is 79.9. The van der Waals surface area contributed by atoms with Gasteiger partial charge in [-0.15, -0.1) is 0 Å². The van der Waals surface area contributed by atoms with Gasteiger partial charge in [0, 0.05) is 4.47 Å². The summed E-state index contributed by atoms with van der Waals surface area (Å²) in [5.41, 5.74) is 1.35. The molecule has 23 heavy (non-hydrogen) atoms. The Kier molecular flexibility index (Phi) is 6.69. The van der Waals surface area contributed by atoms with Gasteiger partial charge >= 0.3 is 5.97 Å². The molecule has 0 heterocycles. The molecule has 3 nitrogen and oxygen atoms in total. The van der Waals surface area contributed by atoms with Crippen molar-refractivity contribution in [1.29, 1.82) is 0 Å². The Labute approximate surface area is 156 Å². The summed E-state index contributed by atoms with van der Waals surface area (Å²) in [5, 5.41) is 0.335. The van der Waals surface area contributed by atoms with Crippen LogP contribution in [-0.2, 0) is 11.3 Å². The maximum atomic E-state index is 11.8. The first kappa shape index (κ1) is 18.0. The lowest BCUT2D eigenvalue weighted by molar-refractivity contribution is 0.0549. The summed E-state index contributed by atoms with van der Waals surface area (Å²) in [6.45, 7) is 4.01. The number of esters is 1. The Hall–Kier alpha value is -1.30. The van der Waals surface area contributed by atoms with E-state index in [1.165, 1.54) is 12.1 Å². The van der Waals surface area contributed by atoms with Crippen LogP contribution in [0.3, 0.4) is 0 Å². The SMILES string of the molecule is C=CCOC(=O)c1cc(Cl)c(OCc2ccc(Br)cc2)c(Br)c1. The standard InChI is InChI=1S/C17H13Br2ClO3/c1-2-7-22-17(21)12-8-14(19)16(15(20)9-12)23-10-11-3-5-13(18)6-4-11/h2-6,8-9H,1,7,10H2. The van der Waals surface area contributed by atoms with Crippen LogP contribution in [0.5, 0.6) is 5.75 Å². The molecule has 0 fully saturated rings. The smallest absolute Gasteiger partial charge is 0.338 e. The monoisotopic (exact) mass is 458 g/mol. The van der Waals surface area contributed by atoms with Gasteiger partial charge in [0.2, 0.25) is 0 Å². The van der Waals surface area contributed by atoms with Gasteiger partial charge in [0.05, 0.1) is 15.1 Å². The first-order valence-electron chi connectivity index (χ1n) is 6.65. The highest BCUT2D eigenvalue weighted by Gasteiger charge is 2.14. The summed E-state index contributed by atoms with van der Waals surface area (Å²) >= 11 is 13.0. The van der Waals surface area contributed by atoms with Crippen molar-refractivity contribution in [3.05, 3.63) is 74.1 Å². The number of hydrogen-bond acceptors (Lipinski definition) is 3. The number of hydrogen-bond donors (Lipinski definition) is 0. The van der Waals surface area contributed by atoms with Crippen molar-refractivity contribution >= 4 is 49.4 Å². The van der Waals surface area contributed by atoms with Crippen LogP contribution in [0.15, 0.2) is 58.0 Å². The van der Waals surface area contributed by atoms with E-state index in [1.54, 1.807) is 6.07 Å². The quantitative estimate of drug-likeness (QED) is 0.405. The van der Waals surface area contributed by atoms with Crippen molar-refractivity contribution in [2.24, 2.45) is 0 Å². The molecule has 2 rings (SSSR count). The van der Waals surface area contributed by atoms with Gasteiger partial charge in [0.15, 0.2) is 5.75 Å². The molecule has 0 spiro atoms. The average molecular weight is 461 g/mol. The number of carbonyl (C=O) groups excluding carboxylic acids is 1. The fourth-order valence-electron chi connectivity index (χ4n) is 1.77. The Balaban J connectivity index is 2.12. The summed E-state index contributed by atoms with van der Waals surface area (Å²) < 4.78 is 12.3. The van der Waals surface area contributed by atoms with E-state index in [-0.39, 0.29) is 6.61 Å². The molecular weight excluding hydrogens is 447 g/mol. The Morgan fingerprint density at radius 1 is 1.22 bits per heavy atom. The number of ether oxygens (including phenoxy) is 2. The van der Waals surface area contributed by atoms with E-state index < -0.39 is 5.97 Å². The molecule has 2 aromatic carbocycles. The number of carbonyl (C=O) groups is 1. The minimum absolute atomic E-state index is 0.149. The minimum Gasteiger partial charge on any atom is -0.486 e. The lowest BCUT2D eigenvalue weighted by atomic mass is 10.2. The second-order valence-corrected chi connectivity index (χ2v) is 6.75. The van der Waals surface area contributed by atoms with Gasteiger partial charge in [0.1, 0.15) is 13.2 Å². The average Bonchev–Trinajstić information content (AvgIpc) is 2.53. The molecule has 0 N–H and O–H groups in total.